The molecule has 9 heteroatoms. The molecule has 2 bridgehead atoms. The van der Waals surface area contributed by atoms with Crippen LogP contribution < -0.4 is 11.5 Å². The van der Waals surface area contributed by atoms with Gasteiger partial charge in [-0.05, 0) is 67.1 Å². The summed E-state index contributed by atoms with van der Waals surface area (Å²) < 4.78 is 19.7. The van der Waals surface area contributed by atoms with Crippen molar-refractivity contribution in [2.24, 2.45) is 5.73 Å². The highest BCUT2D eigenvalue weighted by Gasteiger charge is 2.43. The van der Waals surface area contributed by atoms with Crippen LogP contribution in [0.4, 0.5) is 10.1 Å². The Hall–Kier alpha value is -3.74. The van der Waals surface area contributed by atoms with Crippen molar-refractivity contribution < 1.29 is 13.6 Å². The molecule has 0 spiro atoms. The number of nitrogens with one attached hydrogen (secondary N) is 1. The quantitative estimate of drug-likeness (QED) is 0.383. The van der Waals surface area contributed by atoms with E-state index >= 15 is 0 Å². The number of hydrogen-bond acceptors (Lipinski definition) is 5. The first-order chi connectivity index (χ1) is 16.9. The second-order valence-electron chi connectivity index (χ2n) is 9.19. The normalized spacial score (nSPS) is 21.4. The molecule has 2 aromatic carbocycles. The van der Waals surface area contributed by atoms with Crippen molar-refractivity contribution in [2.75, 3.05) is 0 Å². The number of amides is 1. The second-order valence-corrected chi connectivity index (χ2v) is 10.2. The van der Waals surface area contributed by atoms with Gasteiger partial charge in [-0.2, -0.15) is 0 Å². The number of aromatic nitrogens is 1. The van der Waals surface area contributed by atoms with Crippen LogP contribution in [0.5, 0.6) is 0 Å². The Kier molecular flexibility index (Phi) is 5.09. The average molecular weight is 489 g/mol. The van der Waals surface area contributed by atoms with E-state index in [0.29, 0.717) is 27.1 Å². The van der Waals surface area contributed by atoms with Gasteiger partial charge in [0.25, 0.3) is 5.91 Å². The van der Waals surface area contributed by atoms with Gasteiger partial charge in [-0.15, -0.1) is 11.3 Å². The molecule has 2 unspecified atom stereocenters. The van der Waals surface area contributed by atoms with Gasteiger partial charge in [-0.25, -0.2) is 14.0 Å². The predicted octanol–water partition coefficient (Wildman–Crippen LogP) is 5.30. The lowest BCUT2D eigenvalue weighted by atomic mass is 9.97. The molecule has 2 aliphatic heterocycles. The van der Waals surface area contributed by atoms with E-state index in [1.54, 1.807) is 18.2 Å². The molecule has 2 atom stereocenters. The minimum absolute atomic E-state index is 0.0297. The van der Waals surface area contributed by atoms with Gasteiger partial charge in [0.05, 0.1) is 17.0 Å². The molecule has 35 heavy (non-hydrogen) atoms. The monoisotopic (exact) mass is 488 g/mol. The van der Waals surface area contributed by atoms with Gasteiger partial charge < -0.3 is 15.1 Å². The number of benzene rings is 2. The first-order valence-electron chi connectivity index (χ1n) is 11.4. The van der Waals surface area contributed by atoms with E-state index in [0.717, 1.165) is 36.1 Å². The van der Waals surface area contributed by atoms with Crippen LogP contribution in [-0.2, 0) is 0 Å². The Morgan fingerprint density at radius 2 is 1.89 bits per heavy atom. The molecule has 2 fully saturated rings. The number of halogens is 1. The van der Waals surface area contributed by atoms with Crippen molar-refractivity contribution in [2.45, 2.75) is 43.8 Å². The van der Waals surface area contributed by atoms with Gasteiger partial charge >= 0.3 is 5.76 Å². The van der Waals surface area contributed by atoms with Gasteiger partial charge in [0, 0.05) is 28.6 Å². The summed E-state index contributed by atoms with van der Waals surface area (Å²) >= 11 is 1.35. The highest BCUT2D eigenvalue weighted by Crippen LogP contribution is 2.43. The molecular weight excluding hydrogens is 467 g/mol. The summed E-state index contributed by atoms with van der Waals surface area (Å²) in [5.41, 5.74) is 9.15. The lowest BCUT2D eigenvalue weighted by Gasteiger charge is -2.37. The summed E-state index contributed by atoms with van der Waals surface area (Å²) in [6.07, 6.45) is 3.54. The van der Waals surface area contributed by atoms with Crippen LogP contribution in [0.2, 0.25) is 0 Å². The summed E-state index contributed by atoms with van der Waals surface area (Å²) in [4.78, 5) is 34.5. The van der Waals surface area contributed by atoms with E-state index in [-0.39, 0.29) is 29.7 Å². The fraction of sp³-hybridized carbons (Fsp3) is 0.269. The Morgan fingerprint density at radius 1 is 1.14 bits per heavy atom. The zero-order valence-corrected chi connectivity index (χ0v) is 19.4. The number of hydrogen-bond donors (Lipinski definition) is 2. The Labute approximate surface area is 203 Å². The number of carbonyl (C=O) groups excluding carboxylic acids is 1. The summed E-state index contributed by atoms with van der Waals surface area (Å²) in [5, 5.41) is 0. The van der Waals surface area contributed by atoms with Crippen molar-refractivity contribution in [3.05, 3.63) is 75.1 Å². The Morgan fingerprint density at radius 3 is 2.60 bits per heavy atom. The van der Waals surface area contributed by atoms with Crippen LogP contribution >= 0.6 is 11.3 Å². The third kappa shape index (κ3) is 3.66. The second kappa shape index (κ2) is 8.18. The third-order valence-corrected chi connectivity index (χ3v) is 8.18. The number of thiophene rings is 1. The van der Waals surface area contributed by atoms with Crippen LogP contribution in [0.1, 0.15) is 35.4 Å². The molecule has 6 rings (SSSR count). The van der Waals surface area contributed by atoms with E-state index in [1.807, 2.05) is 17.0 Å². The predicted molar refractivity (Wildman–Crippen MR) is 132 cm³/mol. The maximum atomic E-state index is 14.5. The number of nitrogens with two attached hydrogens (primary N) is 1. The summed E-state index contributed by atoms with van der Waals surface area (Å²) in [6, 6.07) is 12.0. The highest BCUT2D eigenvalue weighted by atomic mass is 32.1. The van der Waals surface area contributed by atoms with Crippen LogP contribution in [0, 0.1) is 12.4 Å². The molecule has 2 saturated heterocycles. The first-order valence-corrected chi connectivity index (χ1v) is 12.3. The number of H-pyrrole nitrogens is 1. The fourth-order valence-electron chi connectivity index (χ4n) is 5.46. The lowest BCUT2D eigenvalue weighted by Crippen LogP contribution is -2.49. The van der Waals surface area contributed by atoms with Gasteiger partial charge in [0.2, 0.25) is 5.69 Å². The van der Waals surface area contributed by atoms with Crippen LogP contribution in [0.3, 0.4) is 0 Å². The average Bonchev–Trinajstić information content (AvgIpc) is 3.51. The number of fused-ring (bicyclic) bond motifs is 3. The molecule has 2 aromatic heterocycles. The van der Waals surface area contributed by atoms with E-state index in [4.69, 9.17) is 16.7 Å². The molecule has 0 radical (unpaired) electrons. The number of oxazole rings is 1. The van der Waals surface area contributed by atoms with E-state index in [1.165, 1.54) is 23.5 Å². The molecule has 3 N–H and O–H groups in total. The van der Waals surface area contributed by atoms with Crippen LogP contribution in [-0.4, -0.2) is 33.9 Å². The van der Waals surface area contributed by atoms with Crippen LogP contribution in [0.15, 0.2) is 51.7 Å². The van der Waals surface area contributed by atoms with Crippen molar-refractivity contribution in [1.82, 2.24) is 9.88 Å². The van der Waals surface area contributed by atoms with Gasteiger partial charge in [0.1, 0.15) is 5.82 Å². The van der Waals surface area contributed by atoms with Crippen molar-refractivity contribution in [3.63, 3.8) is 0 Å². The Bertz CT molecular complexity index is 1570. The highest BCUT2D eigenvalue weighted by molar-refractivity contribution is 7.18. The minimum atomic E-state index is -0.611. The third-order valence-electron chi connectivity index (χ3n) is 7.01. The smallest absolute Gasteiger partial charge is 0.408 e. The molecule has 0 saturated carbocycles. The molecule has 2 aliphatic rings. The molecule has 4 heterocycles. The minimum Gasteiger partial charge on any atom is -0.408 e. The zero-order chi connectivity index (χ0) is 24.3. The van der Waals surface area contributed by atoms with Crippen molar-refractivity contribution in [1.29, 1.82) is 0 Å². The van der Waals surface area contributed by atoms with Crippen molar-refractivity contribution in [3.8, 4) is 21.6 Å². The molecule has 7 nitrogen and oxygen atoms in total. The van der Waals surface area contributed by atoms with E-state index in [9.17, 15) is 14.0 Å². The molecule has 0 aliphatic carbocycles. The van der Waals surface area contributed by atoms with Gasteiger partial charge in [0.15, 0.2) is 5.58 Å². The number of carbonyl (C=O) groups is 1. The van der Waals surface area contributed by atoms with Gasteiger partial charge in [-0.1, -0.05) is 12.1 Å². The van der Waals surface area contributed by atoms with E-state index in [2.05, 4.69) is 9.83 Å². The fourth-order valence-corrected chi connectivity index (χ4v) is 6.58. The zero-order valence-electron chi connectivity index (χ0n) is 18.6. The summed E-state index contributed by atoms with van der Waals surface area (Å²) in [6.45, 7) is 7.14. The SMILES string of the molecule is [C-]#[N+]c1ccc(-c2cc(C(=O)N3C4CCC3CC(N)C4)sc2-c2ccc3oc(=O)[nH]c3c2)cc1F. The van der Waals surface area contributed by atoms with Gasteiger partial charge in [-0.3, -0.25) is 9.78 Å². The number of aromatic amines is 1. The van der Waals surface area contributed by atoms with E-state index < -0.39 is 11.6 Å². The summed E-state index contributed by atoms with van der Waals surface area (Å²) in [5.74, 6) is -1.19. The lowest BCUT2D eigenvalue weighted by molar-refractivity contribution is 0.0580. The molecule has 4 aromatic rings. The topological polar surface area (TPSA) is 96.7 Å². The summed E-state index contributed by atoms with van der Waals surface area (Å²) in [7, 11) is 0. The maximum Gasteiger partial charge on any atom is 0.417 e. The number of nitrogens with zero attached hydrogens (tertiary/aromatic N) is 2. The molecule has 176 valence electrons. The first kappa shape index (κ1) is 21.8. The molecular formula is C26H21FN4O3S. The van der Waals surface area contributed by atoms with Crippen LogP contribution in [0.25, 0.3) is 37.5 Å². The maximum absolute atomic E-state index is 14.5. The largest absolute Gasteiger partial charge is 0.417 e. The number of rotatable bonds is 3. The van der Waals surface area contributed by atoms with Crippen molar-refractivity contribution >= 4 is 34.0 Å². The Balaban J connectivity index is 1.47. The molecule has 1 amide bonds. The standard InChI is InChI=1S/C26H21FN4O3S/c1-29-20-6-2-13(8-19(20)27)18-12-23(25(32)31-16-4-5-17(31)11-15(28)10-16)35-24(18)14-3-7-22-21(9-14)30-26(33)34-22/h2-3,6-9,12,15-17H,4-5,10-11,28H2,(H,30,33). The number of piperidine rings is 1.